The number of nitrogens with one attached hydrogen (secondary N) is 1. The molecule has 104 valence electrons. The predicted molar refractivity (Wildman–Crippen MR) is 82.5 cm³/mol. The van der Waals surface area contributed by atoms with Crippen LogP contribution in [-0.2, 0) is 0 Å². The zero-order valence-electron chi connectivity index (χ0n) is 11.0. The Morgan fingerprint density at radius 2 is 2.10 bits per heavy atom. The van der Waals surface area contributed by atoms with E-state index in [9.17, 15) is 4.79 Å². The number of benzene rings is 1. The SMILES string of the molecule is CCCSc1ncc(Cl)c(C(=O)Nc2ccccc2)n1. The maximum absolute atomic E-state index is 12.2. The third kappa shape index (κ3) is 3.95. The molecular weight excluding hydrogens is 294 g/mol. The summed E-state index contributed by atoms with van der Waals surface area (Å²) in [4.78, 5) is 20.5. The Bertz CT molecular complexity index is 592. The van der Waals surface area contributed by atoms with E-state index in [0.717, 1.165) is 12.2 Å². The van der Waals surface area contributed by atoms with Crippen LogP contribution in [-0.4, -0.2) is 21.6 Å². The van der Waals surface area contributed by atoms with Crippen LogP contribution in [0.2, 0.25) is 5.02 Å². The van der Waals surface area contributed by atoms with E-state index >= 15 is 0 Å². The van der Waals surface area contributed by atoms with Crippen molar-refractivity contribution in [3.05, 3.63) is 47.2 Å². The third-order valence-electron chi connectivity index (χ3n) is 2.40. The quantitative estimate of drug-likeness (QED) is 0.672. The van der Waals surface area contributed by atoms with E-state index in [1.165, 1.54) is 18.0 Å². The van der Waals surface area contributed by atoms with Gasteiger partial charge in [0.15, 0.2) is 10.9 Å². The van der Waals surface area contributed by atoms with Crippen LogP contribution < -0.4 is 5.32 Å². The molecule has 0 aliphatic heterocycles. The van der Waals surface area contributed by atoms with Crippen molar-refractivity contribution in [1.82, 2.24) is 9.97 Å². The Balaban J connectivity index is 2.16. The number of carbonyl (C=O) groups excluding carboxylic acids is 1. The Morgan fingerprint density at radius 3 is 2.80 bits per heavy atom. The number of aromatic nitrogens is 2. The maximum atomic E-state index is 12.2. The van der Waals surface area contributed by atoms with E-state index in [2.05, 4.69) is 22.2 Å². The molecule has 1 aromatic carbocycles. The van der Waals surface area contributed by atoms with E-state index in [0.29, 0.717) is 10.8 Å². The van der Waals surface area contributed by atoms with Gasteiger partial charge in [0.1, 0.15) is 0 Å². The molecule has 1 N–H and O–H groups in total. The number of thioether (sulfide) groups is 1. The van der Waals surface area contributed by atoms with Crippen molar-refractivity contribution in [2.45, 2.75) is 18.5 Å². The van der Waals surface area contributed by atoms with E-state index in [4.69, 9.17) is 11.6 Å². The fourth-order valence-electron chi connectivity index (χ4n) is 1.48. The van der Waals surface area contributed by atoms with Crippen molar-refractivity contribution < 1.29 is 4.79 Å². The lowest BCUT2D eigenvalue weighted by molar-refractivity contribution is 0.102. The Labute approximate surface area is 127 Å². The fourth-order valence-corrected chi connectivity index (χ4v) is 2.33. The number of para-hydroxylation sites is 1. The molecule has 0 radical (unpaired) electrons. The smallest absolute Gasteiger partial charge is 0.275 e. The minimum atomic E-state index is -0.332. The Hall–Kier alpha value is -1.59. The summed E-state index contributed by atoms with van der Waals surface area (Å²) in [6.07, 6.45) is 2.48. The van der Waals surface area contributed by atoms with Gasteiger partial charge in [0, 0.05) is 11.4 Å². The molecule has 0 spiro atoms. The highest BCUT2D eigenvalue weighted by molar-refractivity contribution is 7.99. The highest BCUT2D eigenvalue weighted by Crippen LogP contribution is 2.20. The lowest BCUT2D eigenvalue weighted by Gasteiger charge is -2.07. The molecule has 0 saturated heterocycles. The number of halogens is 1. The summed E-state index contributed by atoms with van der Waals surface area (Å²) in [6, 6.07) is 9.19. The van der Waals surface area contributed by atoms with Crippen LogP contribution in [0.15, 0.2) is 41.7 Å². The molecule has 0 unspecified atom stereocenters. The van der Waals surface area contributed by atoms with Crippen molar-refractivity contribution in [3.8, 4) is 0 Å². The molecule has 2 aromatic rings. The summed E-state index contributed by atoms with van der Waals surface area (Å²) in [5, 5.41) is 3.57. The van der Waals surface area contributed by atoms with Crippen molar-refractivity contribution >= 4 is 35.0 Å². The molecule has 0 fully saturated rings. The lowest BCUT2D eigenvalue weighted by Crippen LogP contribution is -2.15. The average molecular weight is 308 g/mol. The molecule has 2 rings (SSSR count). The number of hydrogen-bond donors (Lipinski definition) is 1. The van der Waals surface area contributed by atoms with Crippen LogP contribution in [0.4, 0.5) is 5.69 Å². The Kier molecular flexibility index (Phi) is 5.38. The summed E-state index contributed by atoms with van der Waals surface area (Å²) < 4.78 is 0. The summed E-state index contributed by atoms with van der Waals surface area (Å²) in [6.45, 7) is 2.08. The van der Waals surface area contributed by atoms with Gasteiger partial charge in [-0.2, -0.15) is 0 Å². The molecule has 0 aliphatic rings. The number of carbonyl (C=O) groups is 1. The van der Waals surface area contributed by atoms with Gasteiger partial charge in [-0.25, -0.2) is 9.97 Å². The first-order chi connectivity index (χ1) is 9.70. The fraction of sp³-hybridized carbons (Fsp3) is 0.214. The number of hydrogen-bond acceptors (Lipinski definition) is 4. The third-order valence-corrected chi connectivity index (χ3v) is 3.75. The van der Waals surface area contributed by atoms with E-state index in [1.807, 2.05) is 18.2 Å². The molecule has 1 amide bonds. The second-order valence-electron chi connectivity index (χ2n) is 4.02. The first-order valence-corrected chi connectivity index (χ1v) is 7.58. The molecule has 0 atom stereocenters. The topological polar surface area (TPSA) is 54.9 Å². The van der Waals surface area contributed by atoms with Crippen LogP contribution in [0.5, 0.6) is 0 Å². The monoisotopic (exact) mass is 307 g/mol. The molecule has 0 saturated carbocycles. The highest BCUT2D eigenvalue weighted by atomic mass is 35.5. The van der Waals surface area contributed by atoms with Crippen LogP contribution in [0.25, 0.3) is 0 Å². The lowest BCUT2D eigenvalue weighted by atomic mass is 10.3. The second kappa shape index (κ2) is 7.26. The summed E-state index contributed by atoms with van der Waals surface area (Å²) in [5.74, 6) is 0.573. The van der Waals surface area contributed by atoms with Gasteiger partial charge in [-0.15, -0.1) is 0 Å². The molecule has 1 aromatic heterocycles. The van der Waals surface area contributed by atoms with Gasteiger partial charge in [0.25, 0.3) is 5.91 Å². The largest absolute Gasteiger partial charge is 0.321 e. The summed E-state index contributed by atoms with van der Waals surface area (Å²) >= 11 is 7.50. The van der Waals surface area contributed by atoms with Gasteiger partial charge in [-0.3, -0.25) is 4.79 Å². The van der Waals surface area contributed by atoms with E-state index in [1.54, 1.807) is 12.1 Å². The minimum Gasteiger partial charge on any atom is -0.321 e. The summed E-state index contributed by atoms with van der Waals surface area (Å²) in [5.41, 5.74) is 0.902. The zero-order valence-corrected chi connectivity index (χ0v) is 12.5. The van der Waals surface area contributed by atoms with E-state index in [-0.39, 0.29) is 16.6 Å². The van der Waals surface area contributed by atoms with Gasteiger partial charge in [0.2, 0.25) is 0 Å². The van der Waals surface area contributed by atoms with E-state index < -0.39 is 0 Å². The van der Waals surface area contributed by atoms with Gasteiger partial charge in [-0.05, 0) is 18.6 Å². The molecule has 4 nitrogen and oxygen atoms in total. The van der Waals surface area contributed by atoms with Crippen LogP contribution in [0.1, 0.15) is 23.8 Å². The molecular formula is C14H14ClN3OS. The minimum absolute atomic E-state index is 0.198. The zero-order chi connectivity index (χ0) is 14.4. The van der Waals surface area contributed by atoms with Crippen molar-refractivity contribution in [2.75, 3.05) is 11.1 Å². The average Bonchev–Trinajstić information content (AvgIpc) is 2.47. The van der Waals surface area contributed by atoms with Crippen molar-refractivity contribution in [3.63, 3.8) is 0 Å². The number of nitrogens with zero attached hydrogens (tertiary/aromatic N) is 2. The standard InChI is InChI=1S/C14H14ClN3OS/c1-2-8-20-14-16-9-11(15)12(18-14)13(19)17-10-6-4-3-5-7-10/h3-7,9H,2,8H2,1H3,(H,17,19). The number of amides is 1. The van der Waals surface area contributed by atoms with Gasteiger partial charge >= 0.3 is 0 Å². The first-order valence-electron chi connectivity index (χ1n) is 6.22. The van der Waals surface area contributed by atoms with Crippen LogP contribution in [0.3, 0.4) is 0 Å². The normalized spacial score (nSPS) is 10.3. The van der Waals surface area contributed by atoms with Crippen molar-refractivity contribution in [2.24, 2.45) is 0 Å². The first kappa shape index (κ1) is 14.8. The predicted octanol–water partition coefficient (Wildman–Crippen LogP) is 3.88. The Morgan fingerprint density at radius 1 is 1.35 bits per heavy atom. The van der Waals surface area contributed by atoms with Crippen LogP contribution in [0, 0.1) is 0 Å². The highest BCUT2D eigenvalue weighted by Gasteiger charge is 2.14. The number of rotatable bonds is 5. The molecule has 0 bridgehead atoms. The molecule has 20 heavy (non-hydrogen) atoms. The second-order valence-corrected chi connectivity index (χ2v) is 5.49. The molecule has 6 heteroatoms. The van der Waals surface area contributed by atoms with Gasteiger partial charge in [0.05, 0.1) is 11.2 Å². The molecule has 1 heterocycles. The van der Waals surface area contributed by atoms with Crippen molar-refractivity contribution in [1.29, 1.82) is 0 Å². The van der Waals surface area contributed by atoms with Crippen LogP contribution >= 0.6 is 23.4 Å². The maximum Gasteiger partial charge on any atom is 0.275 e. The summed E-state index contributed by atoms with van der Waals surface area (Å²) in [7, 11) is 0. The van der Waals surface area contributed by atoms with Gasteiger partial charge < -0.3 is 5.32 Å². The number of anilines is 1. The van der Waals surface area contributed by atoms with Gasteiger partial charge in [-0.1, -0.05) is 48.5 Å². The molecule has 0 aliphatic carbocycles.